The standard InChI is InChI=1S/C14H25N5O2.HI/c1-11-17-13(21-18-11)10-16-14(15-2)19(3)7-4-12-5-8-20-9-6-12;/h12H,4-10H2,1-3H3,(H,15,16);1H. The molecule has 7 nitrogen and oxygen atoms in total. The number of nitrogens with one attached hydrogen (secondary N) is 1. The molecule has 0 radical (unpaired) electrons. The summed E-state index contributed by atoms with van der Waals surface area (Å²) in [4.78, 5) is 10.6. The van der Waals surface area contributed by atoms with Gasteiger partial charge in [-0.05, 0) is 32.1 Å². The summed E-state index contributed by atoms with van der Waals surface area (Å²) in [5.41, 5.74) is 0. The number of guanidine groups is 1. The molecule has 0 aromatic carbocycles. The summed E-state index contributed by atoms with van der Waals surface area (Å²) in [7, 11) is 3.83. The van der Waals surface area contributed by atoms with Crippen LogP contribution in [0.4, 0.5) is 0 Å². The summed E-state index contributed by atoms with van der Waals surface area (Å²) in [6.45, 7) is 5.08. The minimum atomic E-state index is 0. The smallest absolute Gasteiger partial charge is 0.246 e. The Balaban J connectivity index is 0.00000242. The van der Waals surface area contributed by atoms with Crippen LogP contribution in [0.25, 0.3) is 0 Å². The zero-order valence-corrected chi connectivity index (χ0v) is 15.9. The Morgan fingerprint density at radius 3 is 2.73 bits per heavy atom. The highest BCUT2D eigenvalue weighted by molar-refractivity contribution is 14.0. The van der Waals surface area contributed by atoms with Crippen LogP contribution in [0.5, 0.6) is 0 Å². The van der Waals surface area contributed by atoms with Crippen LogP contribution in [0.15, 0.2) is 9.52 Å². The monoisotopic (exact) mass is 423 g/mol. The first-order chi connectivity index (χ1) is 10.2. The van der Waals surface area contributed by atoms with Gasteiger partial charge in [0.2, 0.25) is 5.89 Å². The third kappa shape index (κ3) is 6.07. The third-order valence-corrected chi connectivity index (χ3v) is 3.75. The van der Waals surface area contributed by atoms with E-state index in [-0.39, 0.29) is 24.0 Å². The highest BCUT2D eigenvalue weighted by Crippen LogP contribution is 2.18. The average molecular weight is 423 g/mol. The first-order valence-corrected chi connectivity index (χ1v) is 7.47. The maximum atomic E-state index is 5.39. The predicted octanol–water partition coefficient (Wildman–Crippen LogP) is 1.82. The van der Waals surface area contributed by atoms with Gasteiger partial charge in [-0.15, -0.1) is 24.0 Å². The molecular weight excluding hydrogens is 397 g/mol. The van der Waals surface area contributed by atoms with Crippen LogP contribution < -0.4 is 5.32 Å². The maximum absolute atomic E-state index is 5.39. The second-order valence-corrected chi connectivity index (χ2v) is 5.40. The molecule has 1 saturated heterocycles. The maximum Gasteiger partial charge on any atom is 0.246 e. The van der Waals surface area contributed by atoms with Gasteiger partial charge in [-0.3, -0.25) is 4.99 Å². The zero-order chi connectivity index (χ0) is 15.1. The van der Waals surface area contributed by atoms with Crippen LogP contribution in [0, 0.1) is 12.8 Å². The van der Waals surface area contributed by atoms with Crippen molar-refractivity contribution >= 4 is 29.9 Å². The van der Waals surface area contributed by atoms with Crippen LogP contribution in [0.3, 0.4) is 0 Å². The normalized spacial score (nSPS) is 16.2. The van der Waals surface area contributed by atoms with E-state index in [4.69, 9.17) is 9.26 Å². The van der Waals surface area contributed by atoms with Crippen molar-refractivity contribution in [2.45, 2.75) is 32.7 Å². The van der Waals surface area contributed by atoms with Crippen molar-refractivity contribution in [3.63, 3.8) is 0 Å². The molecule has 0 aliphatic carbocycles. The van der Waals surface area contributed by atoms with Gasteiger partial charge in [0, 0.05) is 33.9 Å². The molecule has 1 aromatic heterocycles. The number of halogens is 1. The Labute approximate surface area is 148 Å². The summed E-state index contributed by atoms with van der Waals surface area (Å²) in [6, 6.07) is 0. The molecule has 126 valence electrons. The second kappa shape index (κ2) is 9.98. The van der Waals surface area contributed by atoms with Crippen molar-refractivity contribution in [3.8, 4) is 0 Å². The fourth-order valence-corrected chi connectivity index (χ4v) is 2.47. The molecule has 2 heterocycles. The fraction of sp³-hybridized carbons (Fsp3) is 0.786. The van der Waals surface area contributed by atoms with E-state index in [0.29, 0.717) is 18.3 Å². The van der Waals surface area contributed by atoms with Crippen molar-refractivity contribution in [2.24, 2.45) is 10.9 Å². The molecule has 8 heteroatoms. The van der Waals surface area contributed by atoms with Crippen LogP contribution in [-0.4, -0.2) is 54.9 Å². The average Bonchev–Trinajstić information content (AvgIpc) is 2.92. The van der Waals surface area contributed by atoms with Gasteiger partial charge < -0.3 is 19.5 Å². The predicted molar refractivity (Wildman–Crippen MR) is 95.4 cm³/mol. The number of rotatable bonds is 5. The van der Waals surface area contributed by atoms with E-state index < -0.39 is 0 Å². The van der Waals surface area contributed by atoms with Gasteiger partial charge in [-0.2, -0.15) is 4.98 Å². The van der Waals surface area contributed by atoms with Gasteiger partial charge in [0.05, 0.1) is 6.54 Å². The zero-order valence-electron chi connectivity index (χ0n) is 13.5. The molecule has 1 N–H and O–H groups in total. The van der Waals surface area contributed by atoms with Crippen molar-refractivity contribution in [2.75, 3.05) is 33.9 Å². The van der Waals surface area contributed by atoms with Crippen LogP contribution in [0.2, 0.25) is 0 Å². The number of hydrogen-bond donors (Lipinski definition) is 1. The summed E-state index contributed by atoms with van der Waals surface area (Å²) in [6.07, 6.45) is 3.50. The van der Waals surface area contributed by atoms with Crippen LogP contribution in [0.1, 0.15) is 31.0 Å². The number of ether oxygens (including phenoxy) is 1. The number of hydrogen-bond acceptors (Lipinski definition) is 5. The van der Waals surface area contributed by atoms with Crippen LogP contribution >= 0.6 is 24.0 Å². The minimum absolute atomic E-state index is 0. The van der Waals surface area contributed by atoms with Crippen molar-refractivity contribution in [3.05, 3.63) is 11.7 Å². The van der Waals surface area contributed by atoms with Crippen molar-refractivity contribution in [1.82, 2.24) is 20.4 Å². The lowest BCUT2D eigenvalue weighted by Crippen LogP contribution is -2.39. The molecule has 0 spiro atoms. The largest absolute Gasteiger partial charge is 0.381 e. The van der Waals surface area contributed by atoms with Gasteiger partial charge in [0.15, 0.2) is 11.8 Å². The SMILES string of the molecule is CN=C(NCc1nc(C)no1)N(C)CCC1CCOCC1.I. The molecule has 2 rings (SSSR count). The number of aromatic nitrogens is 2. The van der Waals surface area contributed by atoms with Gasteiger partial charge >= 0.3 is 0 Å². The van der Waals surface area contributed by atoms with Gasteiger partial charge in [0.25, 0.3) is 0 Å². The molecule has 1 aromatic rings. The summed E-state index contributed by atoms with van der Waals surface area (Å²) in [5, 5.41) is 7.01. The lowest BCUT2D eigenvalue weighted by molar-refractivity contribution is 0.0625. The molecule has 0 bridgehead atoms. The van der Waals surface area contributed by atoms with Crippen molar-refractivity contribution in [1.29, 1.82) is 0 Å². The number of nitrogens with zero attached hydrogens (tertiary/aromatic N) is 4. The third-order valence-electron chi connectivity index (χ3n) is 3.75. The van der Waals surface area contributed by atoms with E-state index in [1.165, 1.54) is 19.3 Å². The fourth-order valence-electron chi connectivity index (χ4n) is 2.47. The van der Waals surface area contributed by atoms with Gasteiger partial charge in [-0.1, -0.05) is 5.16 Å². The Kier molecular flexibility index (Phi) is 8.69. The van der Waals surface area contributed by atoms with E-state index in [9.17, 15) is 0 Å². The van der Waals surface area contributed by atoms with Gasteiger partial charge in [0.1, 0.15) is 0 Å². The van der Waals surface area contributed by atoms with E-state index in [2.05, 4.69) is 25.3 Å². The van der Waals surface area contributed by atoms with Crippen LogP contribution in [-0.2, 0) is 11.3 Å². The Hall–Kier alpha value is -0.900. The number of aliphatic imine (C=N–C) groups is 1. The topological polar surface area (TPSA) is 75.8 Å². The van der Waals surface area contributed by atoms with Gasteiger partial charge in [-0.25, -0.2) is 0 Å². The Bertz CT molecular complexity index is 460. The van der Waals surface area contributed by atoms with E-state index >= 15 is 0 Å². The molecule has 0 unspecified atom stereocenters. The Morgan fingerprint density at radius 2 is 2.14 bits per heavy atom. The lowest BCUT2D eigenvalue weighted by atomic mass is 9.96. The molecule has 1 aliphatic heterocycles. The molecule has 0 atom stereocenters. The summed E-state index contributed by atoms with van der Waals surface area (Å²) in [5.74, 6) is 2.83. The van der Waals surface area contributed by atoms with E-state index in [1.54, 1.807) is 7.05 Å². The molecular formula is C14H26IN5O2. The molecule has 1 fully saturated rings. The minimum Gasteiger partial charge on any atom is -0.381 e. The Morgan fingerprint density at radius 1 is 1.41 bits per heavy atom. The van der Waals surface area contributed by atoms with E-state index in [1.807, 2.05) is 14.0 Å². The lowest BCUT2D eigenvalue weighted by Gasteiger charge is -2.26. The highest BCUT2D eigenvalue weighted by Gasteiger charge is 2.15. The first-order valence-electron chi connectivity index (χ1n) is 7.47. The molecule has 1 aliphatic rings. The molecule has 22 heavy (non-hydrogen) atoms. The van der Waals surface area contributed by atoms with E-state index in [0.717, 1.165) is 31.6 Å². The molecule has 0 amide bonds. The highest BCUT2D eigenvalue weighted by atomic mass is 127. The summed E-state index contributed by atoms with van der Waals surface area (Å²) < 4.78 is 10.5. The summed E-state index contributed by atoms with van der Waals surface area (Å²) >= 11 is 0. The second-order valence-electron chi connectivity index (χ2n) is 5.40. The first kappa shape index (κ1) is 19.1. The van der Waals surface area contributed by atoms with Crippen molar-refractivity contribution < 1.29 is 9.26 Å². The number of aryl methyl sites for hydroxylation is 1. The molecule has 0 saturated carbocycles. The quantitative estimate of drug-likeness (QED) is 0.443.